The molecule has 0 aliphatic carbocycles. The van der Waals surface area contributed by atoms with Crippen molar-refractivity contribution in [2.24, 2.45) is 5.73 Å². The van der Waals surface area contributed by atoms with Crippen LogP contribution in [0.15, 0.2) is 35.8 Å². The van der Waals surface area contributed by atoms with Gasteiger partial charge in [-0.15, -0.1) is 11.3 Å². The molecule has 0 aromatic carbocycles. The second-order valence-electron chi connectivity index (χ2n) is 4.84. The van der Waals surface area contributed by atoms with E-state index in [0.717, 1.165) is 11.3 Å². The summed E-state index contributed by atoms with van der Waals surface area (Å²) in [5.41, 5.74) is 10.4. The van der Waals surface area contributed by atoms with Gasteiger partial charge in [-0.05, 0) is 30.0 Å². The normalized spacial score (nSPS) is 13.0. The molecule has 2 N–H and O–H groups in total. The Morgan fingerprint density at radius 2 is 2.21 bits per heavy atom. The summed E-state index contributed by atoms with van der Waals surface area (Å²) < 4.78 is 2.18. The maximum atomic E-state index is 5.88. The Kier molecular flexibility index (Phi) is 3.12. The van der Waals surface area contributed by atoms with Crippen LogP contribution in [0.5, 0.6) is 0 Å². The number of aromatic nitrogens is 2. The highest BCUT2D eigenvalue weighted by Crippen LogP contribution is 2.33. The number of thiophene rings is 1. The molecule has 0 spiro atoms. The van der Waals surface area contributed by atoms with Crippen LogP contribution in [0.25, 0.3) is 16.2 Å². The van der Waals surface area contributed by atoms with Gasteiger partial charge in [-0.3, -0.25) is 0 Å². The van der Waals surface area contributed by atoms with E-state index in [4.69, 9.17) is 10.7 Å². The molecular formula is C15H17N3S. The fourth-order valence-electron chi connectivity index (χ4n) is 2.40. The summed E-state index contributed by atoms with van der Waals surface area (Å²) in [6.07, 6.45) is 2.08. The molecule has 0 fully saturated rings. The number of hydrogen-bond acceptors (Lipinski definition) is 3. The van der Waals surface area contributed by atoms with Crippen molar-refractivity contribution in [1.82, 2.24) is 9.38 Å². The summed E-state index contributed by atoms with van der Waals surface area (Å²) in [5, 5.41) is 2.09. The van der Waals surface area contributed by atoms with Crippen LogP contribution in [0.1, 0.15) is 24.1 Å². The first kappa shape index (κ1) is 12.4. The SMILES string of the molecule is Cc1cccn2c(C(C)CN)c(-c3cccs3)nc12. The quantitative estimate of drug-likeness (QED) is 0.793. The Morgan fingerprint density at radius 3 is 2.89 bits per heavy atom. The number of pyridine rings is 1. The Morgan fingerprint density at radius 1 is 1.37 bits per heavy atom. The highest BCUT2D eigenvalue weighted by atomic mass is 32.1. The number of fused-ring (bicyclic) bond motifs is 1. The third-order valence-corrected chi connectivity index (χ3v) is 4.33. The van der Waals surface area contributed by atoms with Gasteiger partial charge in [0.1, 0.15) is 11.3 Å². The zero-order valence-electron chi connectivity index (χ0n) is 11.1. The molecule has 19 heavy (non-hydrogen) atoms. The van der Waals surface area contributed by atoms with E-state index in [-0.39, 0.29) is 5.92 Å². The van der Waals surface area contributed by atoms with Crippen molar-refractivity contribution in [2.45, 2.75) is 19.8 Å². The predicted molar refractivity (Wildman–Crippen MR) is 80.7 cm³/mol. The van der Waals surface area contributed by atoms with Crippen molar-refractivity contribution in [3.05, 3.63) is 47.1 Å². The highest BCUT2D eigenvalue weighted by Gasteiger charge is 2.19. The van der Waals surface area contributed by atoms with Crippen LogP contribution in [-0.4, -0.2) is 15.9 Å². The predicted octanol–water partition coefficient (Wildman–Crippen LogP) is 3.43. The standard InChI is InChI=1S/C15H17N3S/c1-10-5-3-7-18-14(11(2)9-16)13(17-15(10)18)12-6-4-8-19-12/h3-8,11H,9,16H2,1-2H3. The summed E-state index contributed by atoms with van der Waals surface area (Å²) >= 11 is 1.72. The first-order chi connectivity index (χ1) is 9.22. The van der Waals surface area contributed by atoms with Crippen molar-refractivity contribution >= 4 is 17.0 Å². The lowest BCUT2D eigenvalue weighted by Crippen LogP contribution is -2.11. The summed E-state index contributed by atoms with van der Waals surface area (Å²) in [5.74, 6) is 0.286. The maximum absolute atomic E-state index is 5.88. The van der Waals surface area contributed by atoms with Crippen molar-refractivity contribution in [2.75, 3.05) is 6.54 Å². The zero-order valence-corrected chi connectivity index (χ0v) is 11.9. The molecule has 0 radical (unpaired) electrons. The number of aryl methyl sites for hydroxylation is 1. The van der Waals surface area contributed by atoms with Gasteiger partial charge in [-0.1, -0.05) is 19.1 Å². The van der Waals surface area contributed by atoms with E-state index in [1.165, 1.54) is 16.1 Å². The van der Waals surface area contributed by atoms with Crippen LogP contribution in [0.2, 0.25) is 0 Å². The second-order valence-corrected chi connectivity index (χ2v) is 5.79. The topological polar surface area (TPSA) is 43.3 Å². The van der Waals surface area contributed by atoms with Gasteiger partial charge >= 0.3 is 0 Å². The van der Waals surface area contributed by atoms with Crippen LogP contribution in [0, 0.1) is 6.92 Å². The average molecular weight is 271 g/mol. The van der Waals surface area contributed by atoms with E-state index in [0.29, 0.717) is 6.54 Å². The minimum atomic E-state index is 0.286. The molecule has 0 bridgehead atoms. The van der Waals surface area contributed by atoms with Crippen LogP contribution in [0.4, 0.5) is 0 Å². The number of nitrogens with zero attached hydrogens (tertiary/aromatic N) is 2. The summed E-state index contributed by atoms with van der Waals surface area (Å²) in [6, 6.07) is 8.34. The Balaban J connectivity index is 2.34. The van der Waals surface area contributed by atoms with Gasteiger partial charge in [0.25, 0.3) is 0 Å². The molecule has 1 unspecified atom stereocenters. The number of rotatable bonds is 3. The van der Waals surface area contributed by atoms with E-state index in [2.05, 4.69) is 54.1 Å². The van der Waals surface area contributed by atoms with Gasteiger partial charge in [0.05, 0.1) is 10.6 Å². The minimum Gasteiger partial charge on any atom is -0.330 e. The van der Waals surface area contributed by atoms with E-state index in [1.807, 2.05) is 0 Å². The first-order valence-corrected chi connectivity index (χ1v) is 7.32. The average Bonchev–Trinajstić information content (AvgIpc) is 3.05. The van der Waals surface area contributed by atoms with E-state index in [1.54, 1.807) is 11.3 Å². The Bertz CT molecular complexity index is 698. The largest absolute Gasteiger partial charge is 0.330 e. The molecule has 3 heterocycles. The number of hydrogen-bond donors (Lipinski definition) is 1. The second kappa shape index (κ2) is 4.79. The monoisotopic (exact) mass is 271 g/mol. The molecule has 0 saturated carbocycles. The molecule has 0 saturated heterocycles. The third-order valence-electron chi connectivity index (χ3n) is 3.46. The zero-order chi connectivity index (χ0) is 13.4. The molecule has 3 aromatic heterocycles. The molecule has 4 heteroatoms. The maximum Gasteiger partial charge on any atom is 0.140 e. The Labute approximate surface area is 116 Å². The number of imidazole rings is 1. The van der Waals surface area contributed by atoms with Crippen molar-refractivity contribution < 1.29 is 0 Å². The van der Waals surface area contributed by atoms with Gasteiger partial charge in [0.15, 0.2) is 0 Å². The van der Waals surface area contributed by atoms with Gasteiger partial charge in [0, 0.05) is 18.7 Å². The van der Waals surface area contributed by atoms with Gasteiger partial charge < -0.3 is 10.1 Å². The lowest BCUT2D eigenvalue weighted by Gasteiger charge is -2.10. The molecule has 0 aliphatic heterocycles. The van der Waals surface area contributed by atoms with Crippen LogP contribution in [0.3, 0.4) is 0 Å². The van der Waals surface area contributed by atoms with E-state index < -0.39 is 0 Å². The lowest BCUT2D eigenvalue weighted by molar-refractivity contribution is 0.738. The third kappa shape index (κ3) is 1.97. The summed E-state index contributed by atoms with van der Waals surface area (Å²) in [6.45, 7) is 4.88. The van der Waals surface area contributed by atoms with Gasteiger partial charge in [-0.2, -0.15) is 0 Å². The highest BCUT2D eigenvalue weighted by molar-refractivity contribution is 7.13. The molecule has 0 amide bonds. The van der Waals surface area contributed by atoms with Crippen molar-refractivity contribution in [1.29, 1.82) is 0 Å². The Hall–Kier alpha value is -1.65. The van der Waals surface area contributed by atoms with E-state index in [9.17, 15) is 0 Å². The minimum absolute atomic E-state index is 0.286. The van der Waals surface area contributed by atoms with Gasteiger partial charge in [0.2, 0.25) is 0 Å². The van der Waals surface area contributed by atoms with E-state index >= 15 is 0 Å². The molecule has 3 nitrogen and oxygen atoms in total. The van der Waals surface area contributed by atoms with Crippen LogP contribution < -0.4 is 5.73 Å². The molecule has 98 valence electrons. The molecule has 1 atom stereocenters. The molecule has 3 aromatic rings. The first-order valence-electron chi connectivity index (χ1n) is 6.44. The molecular weight excluding hydrogens is 254 g/mol. The van der Waals surface area contributed by atoms with Crippen molar-refractivity contribution in [3.8, 4) is 10.6 Å². The lowest BCUT2D eigenvalue weighted by atomic mass is 10.1. The molecule has 0 aliphatic rings. The van der Waals surface area contributed by atoms with Crippen LogP contribution >= 0.6 is 11.3 Å². The van der Waals surface area contributed by atoms with Crippen molar-refractivity contribution in [3.63, 3.8) is 0 Å². The summed E-state index contributed by atoms with van der Waals surface area (Å²) in [7, 11) is 0. The van der Waals surface area contributed by atoms with Crippen LogP contribution in [-0.2, 0) is 0 Å². The smallest absolute Gasteiger partial charge is 0.140 e. The fraction of sp³-hybridized carbons (Fsp3) is 0.267. The fourth-order valence-corrected chi connectivity index (χ4v) is 3.12. The van der Waals surface area contributed by atoms with Gasteiger partial charge in [-0.25, -0.2) is 4.98 Å². The summed E-state index contributed by atoms with van der Waals surface area (Å²) in [4.78, 5) is 6.05. The number of nitrogens with two attached hydrogens (primary N) is 1. The molecule has 3 rings (SSSR count).